The topological polar surface area (TPSA) is 15.6 Å². The van der Waals surface area contributed by atoms with E-state index in [4.69, 9.17) is 0 Å². The van der Waals surface area contributed by atoms with Gasteiger partial charge in [-0.15, -0.1) is 0 Å². The summed E-state index contributed by atoms with van der Waals surface area (Å²) in [4.78, 5) is 5.89. The molecule has 0 amide bonds. The van der Waals surface area contributed by atoms with E-state index in [0.29, 0.717) is 0 Å². The number of nitrogens with zero attached hydrogens (tertiary/aromatic N) is 2. The molecule has 0 spiro atoms. The highest BCUT2D eigenvalue weighted by molar-refractivity contribution is 5.55. The minimum atomic E-state index is 0.974. The van der Waals surface area contributed by atoms with Gasteiger partial charge in [0.25, 0.3) is 0 Å². The van der Waals surface area contributed by atoms with Crippen LogP contribution in [0, 0.1) is 0 Å². The molecule has 0 unspecified atom stereocenters. The summed E-state index contributed by atoms with van der Waals surface area (Å²) in [6.07, 6.45) is 5.79. The molecule has 0 saturated heterocycles. The summed E-state index contributed by atoms with van der Waals surface area (Å²) in [6.45, 7) is 5.05. The van der Waals surface area contributed by atoms with E-state index in [-0.39, 0.29) is 0 Å². The fourth-order valence-corrected chi connectivity index (χ4v) is 0.565. The van der Waals surface area contributed by atoms with E-state index < -0.39 is 0 Å². The molecule has 0 radical (unpaired) electrons. The maximum Gasteiger partial charge on any atom is 0.0885 e. The number of rotatable bonds is 3. The molecule has 0 heterocycles. The number of hydrogen-bond donors (Lipinski definition) is 0. The molecule has 0 aromatic carbocycles. The van der Waals surface area contributed by atoms with Crippen LogP contribution in [-0.2, 0) is 0 Å². The van der Waals surface area contributed by atoms with Crippen molar-refractivity contribution in [1.82, 2.24) is 4.90 Å². The minimum Gasteiger partial charge on any atom is -0.340 e. The van der Waals surface area contributed by atoms with Crippen molar-refractivity contribution in [2.24, 2.45) is 4.99 Å². The van der Waals surface area contributed by atoms with Gasteiger partial charge in [0.05, 0.1) is 6.34 Å². The molecule has 0 N–H and O–H groups in total. The van der Waals surface area contributed by atoms with Gasteiger partial charge < -0.3 is 4.90 Å². The van der Waals surface area contributed by atoms with Crippen LogP contribution in [0.2, 0.25) is 0 Å². The molecule has 0 fully saturated rings. The van der Waals surface area contributed by atoms with Crippen molar-refractivity contribution in [2.75, 3.05) is 13.6 Å². The number of aliphatic imine (C=N–C) groups is 1. The van der Waals surface area contributed by atoms with Crippen molar-refractivity contribution in [3.8, 4) is 0 Å². The molecule has 0 aliphatic carbocycles. The van der Waals surface area contributed by atoms with Crippen LogP contribution in [-0.4, -0.2) is 24.8 Å². The van der Waals surface area contributed by atoms with E-state index in [9.17, 15) is 0 Å². The molecule has 0 aromatic rings. The Kier molecular flexibility index (Phi) is 4.88. The number of hydrogen-bond acceptors (Lipinski definition) is 1. The highest BCUT2D eigenvalue weighted by atomic mass is 15.1. The van der Waals surface area contributed by atoms with Crippen LogP contribution in [0.5, 0.6) is 0 Å². The van der Waals surface area contributed by atoms with Crippen molar-refractivity contribution >= 4 is 6.34 Å². The predicted molar refractivity (Wildman–Crippen MR) is 41.6 cm³/mol. The molecular weight excluding hydrogens is 112 g/mol. The van der Waals surface area contributed by atoms with Gasteiger partial charge in [0.1, 0.15) is 0 Å². The first-order valence-electron chi connectivity index (χ1n) is 3.16. The van der Waals surface area contributed by atoms with Gasteiger partial charge in [-0.3, -0.25) is 4.99 Å². The normalized spacial score (nSPS) is 11.4. The Morgan fingerprint density at radius 3 is 2.56 bits per heavy atom. The SMILES string of the molecule is C/C=C\N(/C=N\C)CC. The average Bonchev–Trinajstić information content (AvgIpc) is 1.88. The van der Waals surface area contributed by atoms with Crippen LogP contribution in [0.25, 0.3) is 0 Å². The van der Waals surface area contributed by atoms with Gasteiger partial charge in [-0.2, -0.15) is 0 Å². The quantitative estimate of drug-likeness (QED) is 0.413. The lowest BCUT2D eigenvalue weighted by atomic mass is 10.6. The van der Waals surface area contributed by atoms with Gasteiger partial charge in [0.15, 0.2) is 0 Å². The van der Waals surface area contributed by atoms with Gasteiger partial charge in [-0.25, -0.2) is 0 Å². The lowest BCUT2D eigenvalue weighted by Crippen LogP contribution is -2.13. The van der Waals surface area contributed by atoms with E-state index in [1.807, 2.05) is 24.1 Å². The van der Waals surface area contributed by atoms with Crippen LogP contribution in [0.15, 0.2) is 17.3 Å². The Morgan fingerprint density at radius 2 is 2.22 bits per heavy atom. The van der Waals surface area contributed by atoms with Crippen LogP contribution >= 0.6 is 0 Å². The second-order valence-electron chi connectivity index (χ2n) is 1.69. The third-order valence-corrected chi connectivity index (χ3v) is 0.969. The largest absolute Gasteiger partial charge is 0.340 e. The van der Waals surface area contributed by atoms with E-state index >= 15 is 0 Å². The molecule has 9 heavy (non-hydrogen) atoms. The van der Waals surface area contributed by atoms with Crippen LogP contribution in [0.3, 0.4) is 0 Å². The summed E-state index contributed by atoms with van der Waals surface area (Å²) in [5.41, 5.74) is 0. The average molecular weight is 126 g/mol. The Labute approximate surface area is 56.9 Å². The maximum absolute atomic E-state index is 3.88. The van der Waals surface area contributed by atoms with Crippen molar-refractivity contribution in [3.63, 3.8) is 0 Å². The summed E-state index contributed by atoms with van der Waals surface area (Å²) >= 11 is 0. The van der Waals surface area contributed by atoms with Gasteiger partial charge >= 0.3 is 0 Å². The van der Waals surface area contributed by atoms with Gasteiger partial charge in [0.2, 0.25) is 0 Å². The zero-order valence-corrected chi connectivity index (χ0v) is 6.33. The van der Waals surface area contributed by atoms with Crippen molar-refractivity contribution in [3.05, 3.63) is 12.3 Å². The Bertz CT molecular complexity index is 93.5. The van der Waals surface area contributed by atoms with Gasteiger partial charge in [-0.05, 0) is 13.8 Å². The zero-order chi connectivity index (χ0) is 7.11. The Hall–Kier alpha value is -0.790. The molecule has 0 rings (SSSR count). The number of allylic oxidation sites excluding steroid dienone is 1. The highest BCUT2D eigenvalue weighted by Gasteiger charge is 1.83. The molecule has 0 aliphatic heterocycles. The molecule has 2 nitrogen and oxygen atoms in total. The molecule has 0 bridgehead atoms. The lowest BCUT2D eigenvalue weighted by Gasteiger charge is -2.08. The standard InChI is InChI=1S/C7H14N2/c1-4-6-9(5-2)7-8-3/h4,6-7H,5H2,1-3H3/b6-4-,8-7-. The second-order valence-corrected chi connectivity index (χ2v) is 1.69. The van der Waals surface area contributed by atoms with Crippen LogP contribution in [0.4, 0.5) is 0 Å². The first-order chi connectivity index (χ1) is 4.35. The van der Waals surface area contributed by atoms with E-state index in [1.165, 1.54) is 0 Å². The summed E-state index contributed by atoms with van der Waals surface area (Å²) in [6, 6.07) is 0. The molecule has 0 aromatic heterocycles. The van der Waals surface area contributed by atoms with Gasteiger partial charge in [0, 0.05) is 19.8 Å². The molecule has 0 atom stereocenters. The first kappa shape index (κ1) is 8.21. The molecular formula is C7H14N2. The third-order valence-electron chi connectivity index (χ3n) is 0.969. The van der Waals surface area contributed by atoms with E-state index in [1.54, 1.807) is 13.4 Å². The fraction of sp³-hybridized carbons (Fsp3) is 0.571. The maximum atomic E-state index is 3.88. The predicted octanol–water partition coefficient (Wildman–Crippen LogP) is 1.50. The monoisotopic (exact) mass is 126 g/mol. The smallest absolute Gasteiger partial charge is 0.0885 e. The molecule has 2 heteroatoms. The summed E-state index contributed by atoms with van der Waals surface area (Å²) in [5, 5.41) is 0. The summed E-state index contributed by atoms with van der Waals surface area (Å²) in [7, 11) is 1.77. The molecule has 0 saturated carbocycles. The third kappa shape index (κ3) is 3.76. The summed E-state index contributed by atoms with van der Waals surface area (Å²) < 4.78 is 0. The Balaban J connectivity index is 3.68. The van der Waals surface area contributed by atoms with E-state index in [0.717, 1.165) is 6.54 Å². The van der Waals surface area contributed by atoms with Crippen molar-refractivity contribution in [1.29, 1.82) is 0 Å². The molecule has 52 valence electrons. The Morgan fingerprint density at radius 1 is 1.56 bits per heavy atom. The van der Waals surface area contributed by atoms with E-state index in [2.05, 4.69) is 11.9 Å². The lowest BCUT2D eigenvalue weighted by molar-refractivity contribution is 0.605. The highest BCUT2D eigenvalue weighted by Crippen LogP contribution is 1.82. The first-order valence-corrected chi connectivity index (χ1v) is 3.16. The second kappa shape index (κ2) is 5.35. The minimum absolute atomic E-state index is 0.974. The summed E-state index contributed by atoms with van der Waals surface area (Å²) in [5.74, 6) is 0. The molecule has 0 aliphatic rings. The van der Waals surface area contributed by atoms with Crippen molar-refractivity contribution in [2.45, 2.75) is 13.8 Å². The fourth-order valence-electron chi connectivity index (χ4n) is 0.565. The van der Waals surface area contributed by atoms with Crippen molar-refractivity contribution < 1.29 is 0 Å². The van der Waals surface area contributed by atoms with Crippen LogP contribution in [0.1, 0.15) is 13.8 Å². The zero-order valence-electron chi connectivity index (χ0n) is 6.33. The van der Waals surface area contributed by atoms with Gasteiger partial charge in [-0.1, -0.05) is 6.08 Å². The van der Waals surface area contributed by atoms with Crippen LogP contribution < -0.4 is 0 Å².